The van der Waals surface area contributed by atoms with E-state index in [4.69, 9.17) is 17.0 Å². The molecule has 0 bridgehead atoms. The molecule has 0 aromatic heterocycles. The zero-order valence-corrected chi connectivity index (χ0v) is 15.8. The van der Waals surface area contributed by atoms with Gasteiger partial charge in [0.1, 0.15) is 6.10 Å². The maximum atomic E-state index is 12.2. The highest BCUT2D eigenvalue weighted by atomic mass is 32.1. The van der Waals surface area contributed by atoms with Crippen molar-refractivity contribution >= 4 is 34.9 Å². The molecular formula is C21H22N2O3S. The number of carbonyl (C=O) groups excluding carboxylic acids is 2. The van der Waals surface area contributed by atoms with Crippen LogP contribution in [0.15, 0.2) is 54.6 Å². The number of anilines is 1. The van der Waals surface area contributed by atoms with Gasteiger partial charge < -0.3 is 10.1 Å². The average molecular weight is 382 g/mol. The van der Waals surface area contributed by atoms with E-state index in [0.717, 1.165) is 25.7 Å². The molecule has 1 fully saturated rings. The molecule has 0 heterocycles. The number of ether oxygens (including phenoxy) is 1. The highest BCUT2D eigenvalue weighted by molar-refractivity contribution is 7.80. The first-order chi connectivity index (χ1) is 13.1. The van der Waals surface area contributed by atoms with Crippen molar-refractivity contribution < 1.29 is 14.3 Å². The van der Waals surface area contributed by atoms with Gasteiger partial charge in [0.25, 0.3) is 5.91 Å². The third-order valence-electron chi connectivity index (χ3n) is 4.47. The maximum Gasteiger partial charge on any atom is 0.338 e. The molecule has 0 spiro atoms. The van der Waals surface area contributed by atoms with E-state index in [1.165, 1.54) is 6.42 Å². The second kappa shape index (κ2) is 9.28. The van der Waals surface area contributed by atoms with Crippen LogP contribution in [-0.4, -0.2) is 23.1 Å². The average Bonchev–Trinajstić information content (AvgIpc) is 2.70. The maximum absolute atomic E-state index is 12.2. The van der Waals surface area contributed by atoms with Gasteiger partial charge in [-0.3, -0.25) is 10.1 Å². The molecule has 1 saturated carbocycles. The van der Waals surface area contributed by atoms with Crippen LogP contribution < -0.4 is 10.6 Å². The number of carbonyl (C=O) groups is 2. The minimum atomic E-state index is -0.298. The number of esters is 1. The molecule has 0 atom stereocenters. The number of hydrogen-bond acceptors (Lipinski definition) is 4. The lowest BCUT2D eigenvalue weighted by atomic mass is 9.98. The molecule has 1 aliphatic rings. The Balaban J connectivity index is 1.51. The van der Waals surface area contributed by atoms with Gasteiger partial charge >= 0.3 is 5.97 Å². The summed E-state index contributed by atoms with van der Waals surface area (Å²) in [6.45, 7) is 0. The third-order valence-corrected chi connectivity index (χ3v) is 4.67. The van der Waals surface area contributed by atoms with Gasteiger partial charge in [-0.15, -0.1) is 0 Å². The Bertz CT molecular complexity index is 800. The van der Waals surface area contributed by atoms with Crippen LogP contribution in [0.3, 0.4) is 0 Å². The standard InChI is InChI=1S/C21H22N2O3S/c24-19(15-7-3-1-4-8-15)23-21(27)22-17-13-11-16(12-14-17)20(25)26-18-9-5-2-6-10-18/h1,3-4,7-8,11-14,18H,2,5-6,9-10H2,(H2,22,23,24,27). The lowest BCUT2D eigenvalue weighted by Gasteiger charge is -2.21. The summed E-state index contributed by atoms with van der Waals surface area (Å²) in [7, 11) is 0. The lowest BCUT2D eigenvalue weighted by Crippen LogP contribution is -2.34. The molecule has 0 radical (unpaired) electrons. The molecular weight excluding hydrogens is 360 g/mol. The summed E-state index contributed by atoms with van der Waals surface area (Å²) in [6, 6.07) is 15.7. The van der Waals surface area contributed by atoms with Crippen molar-refractivity contribution in [1.29, 1.82) is 0 Å². The highest BCUT2D eigenvalue weighted by Gasteiger charge is 2.18. The zero-order valence-electron chi connectivity index (χ0n) is 14.9. The number of hydrogen-bond donors (Lipinski definition) is 2. The first kappa shape index (κ1) is 19.0. The molecule has 0 saturated heterocycles. The summed E-state index contributed by atoms with van der Waals surface area (Å²) >= 11 is 5.17. The van der Waals surface area contributed by atoms with E-state index in [1.807, 2.05) is 6.07 Å². The van der Waals surface area contributed by atoms with Gasteiger partial charge in [0.05, 0.1) is 5.56 Å². The Morgan fingerprint density at radius 3 is 2.22 bits per heavy atom. The Kier molecular flexibility index (Phi) is 6.54. The molecule has 5 nitrogen and oxygen atoms in total. The van der Waals surface area contributed by atoms with E-state index in [2.05, 4.69) is 10.6 Å². The lowest BCUT2D eigenvalue weighted by molar-refractivity contribution is 0.0211. The second-order valence-corrected chi connectivity index (χ2v) is 6.93. The van der Waals surface area contributed by atoms with Gasteiger partial charge in [-0.25, -0.2) is 4.79 Å². The Hall–Kier alpha value is -2.73. The predicted molar refractivity (Wildman–Crippen MR) is 109 cm³/mol. The van der Waals surface area contributed by atoms with Gasteiger partial charge in [-0.2, -0.15) is 0 Å². The topological polar surface area (TPSA) is 67.4 Å². The molecule has 0 aliphatic heterocycles. The van der Waals surface area contributed by atoms with E-state index in [-0.39, 0.29) is 23.1 Å². The van der Waals surface area contributed by atoms with Crippen LogP contribution in [0.5, 0.6) is 0 Å². The fraction of sp³-hybridized carbons (Fsp3) is 0.286. The molecule has 1 aliphatic carbocycles. The SMILES string of the molecule is O=C(NC(=S)Nc1ccc(C(=O)OC2CCCCC2)cc1)c1ccccc1. The summed E-state index contributed by atoms with van der Waals surface area (Å²) in [5.41, 5.74) is 1.72. The van der Waals surface area contributed by atoms with Gasteiger partial charge in [0, 0.05) is 11.3 Å². The number of benzene rings is 2. The molecule has 2 N–H and O–H groups in total. The molecule has 2 aromatic carbocycles. The van der Waals surface area contributed by atoms with Crippen molar-refractivity contribution in [3.05, 3.63) is 65.7 Å². The van der Waals surface area contributed by atoms with Crippen LogP contribution in [-0.2, 0) is 4.74 Å². The van der Waals surface area contributed by atoms with Crippen LogP contribution in [0.4, 0.5) is 5.69 Å². The predicted octanol–water partition coefficient (Wildman–Crippen LogP) is 4.30. The Labute approximate surface area is 164 Å². The minimum Gasteiger partial charge on any atom is -0.459 e. The fourth-order valence-corrected chi connectivity index (χ4v) is 3.23. The second-order valence-electron chi connectivity index (χ2n) is 6.52. The van der Waals surface area contributed by atoms with Crippen molar-refractivity contribution in [3.8, 4) is 0 Å². The third kappa shape index (κ3) is 5.62. The highest BCUT2D eigenvalue weighted by Crippen LogP contribution is 2.21. The van der Waals surface area contributed by atoms with Crippen molar-refractivity contribution in [2.75, 3.05) is 5.32 Å². The first-order valence-electron chi connectivity index (χ1n) is 9.10. The summed E-state index contributed by atoms with van der Waals surface area (Å²) in [4.78, 5) is 24.3. The number of amides is 1. The van der Waals surface area contributed by atoms with Gasteiger partial charge in [0.2, 0.25) is 0 Å². The van der Waals surface area contributed by atoms with E-state index in [9.17, 15) is 9.59 Å². The van der Waals surface area contributed by atoms with Crippen molar-refractivity contribution in [1.82, 2.24) is 5.32 Å². The number of rotatable bonds is 4. The quantitative estimate of drug-likeness (QED) is 0.609. The smallest absolute Gasteiger partial charge is 0.338 e. The van der Waals surface area contributed by atoms with Crippen LogP contribution >= 0.6 is 12.2 Å². The number of nitrogens with one attached hydrogen (secondary N) is 2. The van der Waals surface area contributed by atoms with Crippen LogP contribution in [0.25, 0.3) is 0 Å². The zero-order chi connectivity index (χ0) is 19.1. The van der Waals surface area contributed by atoms with Crippen molar-refractivity contribution in [3.63, 3.8) is 0 Å². The molecule has 2 aromatic rings. The minimum absolute atomic E-state index is 0.0322. The normalized spacial score (nSPS) is 14.2. The van der Waals surface area contributed by atoms with Gasteiger partial charge in [0.15, 0.2) is 5.11 Å². The molecule has 6 heteroatoms. The molecule has 27 heavy (non-hydrogen) atoms. The van der Waals surface area contributed by atoms with Crippen molar-refractivity contribution in [2.45, 2.75) is 38.2 Å². The molecule has 0 unspecified atom stereocenters. The molecule has 140 valence electrons. The molecule has 3 rings (SSSR count). The summed E-state index contributed by atoms with van der Waals surface area (Å²) in [5, 5.41) is 5.76. The largest absolute Gasteiger partial charge is 0.459 e. The van der Waals surface area contributed by atoms with Gasteiger partial charge in [-0.05, 0) is 74.3 Å². The Morgan fingerprint density at radius 2 is 1.56 bits per heavy atom. The fourth-order valence-electron chi connectivity index (χ4n) is 3.02. The van der Waals surface area contributed by atoms with E-state index in [0.29, 0.717) is 16.8 Å². The monoisotopic (exact) mass is 382 g/mol. The Morgan fingerprint density at radius 1 is 0.889 bits per heavy atom. The van der Waals surface area contributed by atoms with Crippen molar-refractivity contribution in [2.24, 2.45) is 0 Å². The first-order valence-corrected chi connectivity index (χ1v) is 9.51. The summed E-state index contributed by atoms with van der Waals surface area (Å²) < 4.78 is 5.56. The van der Waals surface area contributed by atoms with E-state index >= 15 is 0 Å². The van der Waals surface area contributed by atoms with E-state index < -0.39 is 0 Å². The van der Waals surface area contributed by atoms with Crippen LogP contribution in [0.2, 0.25) is 0 Å². The number of thiocarbonyl (C=S) groups is 1. The van der Waals surface area contributed by atoms with E-state index in [1.54, 1.807) is 48.5 Å². The summed E-state index contributed by atoms with van der Waals surface area (Å²) in [6.07, 6.45) is 5.38. The van der Waals surface area contributed by atoms with Gasteiger partial charge in [-0.1, -0.05) is 24.6 Å². The van der Waals surface area contributed by atoms with Crippen LogP contribution in [0, 0.1) is 0 Å². The van der Waals surface area contributed by atoms with Crippen LogP contribution in [0.1, 0.15) is 52.8 Å². The molecule has 1 amide bonds. The summed E-state index contributed by atoms with van der Waals surface area (Å²) in [5.74, 6) is -0.575.